The van der Waals surface area contributed by atoms with Crippen LogP contribution < -0.4 is 0 Å². The van der Waals surface area contributed by atoms with Crippen LogP contribution >= 0.6 is 7.34 Å². The van der Waals surface area contributed by atoms with E-state index in [1.807, 2.05) is 0 Å². The lowest BCUT2D eigenvalue weighted by atomic mass is 9.84. The lowest BCUT2D eigenvalue weighted by molar-refractivity contribution is 0.345. The van der Waals surface area contributed by atoms with E-state index in [-0.39, 0.29) is 17.0 Å². The maximum Gasteiger partial charge on any atom is 0.162 e. The zero-order chi connectivity index (χ0) is 20.5. The summed E-state index contributed by atoms with van der Waals surface area (Å²) in [5, 5.41) is 1.76. The maximum absolute atomic E-state index is 13.5. The summed E-state index contributed by atoms with van der Waals surface area (Å²) in [5.41, 5.74) is 2.64. The molecule has 148 valence electrons. The van der Waals surface area contributed by atoms with Crippen LogP contribution in [0.3, 0.4) is 0 Å². The quantitative estimate of drug-likeness (QED) is 0.533. The van der Waals surface area contributed by atoms with Gasteiger partial charge >= 0.3 is 0 Å². The van der Waals surface area contributed by atoms with Crippen molar-refractivity contribution in [2.24, 2.45) is 5.41 Å². The normalized spacial score (nSPS) is 16.6. The van der Waals surface area contributed by atoms with Crippen LogP contribution in [0.4, 0.5) is 8.78 Å². The predicted molar refractivity (Wildman–Crippen MR) is 113 cm³/mol. The first-order chi connectivity index (χ1) is 13.2. The van der Waals surface area contributed by atoms with Gasteiger partial charge in [0.25, 0.3) is 0 Å². The largest absolute Gasteiger partial charge is 0.337 e. The van der Waals surface area contributed by atoms with Gasteiger partial charge in [0.1, 0.15) is 11.6 Å². The van der Waals surface area contributed by atoms with Gasteiger partial charge in [0.05, 0.1) is 0 Å². The fourth-order valence-corrected chi connectivity index (χ4v) is 6.08. The molecule has 28 heavy (non-hydrogen) atoms. The molecule has 0 aliphatic carbocycles. The molecule has 2 aromatic rings. The minimum Gasteiger partial charge on any atom is -0.337 e. The zero-order valence-corrected chi connectivity index (χ0v) is 17.7. The Hall–Kier alpha value is -2.00. The third-order valence-corrected chi connectivity index (χ3v) is 7.95. The highest BCUT2D eigenvalue weighted by Crippen LogP contribution is 2.65. The summed E-state index contributed by atoms with van der Waals surface area (Å²) in [7, 11) is 0.541. The smallest absolute Gasteiger partial charge is 0.162 e. The van der Waals surface area contributed by atoms with Crippen molar-refractivity contribution in [3.05, 3.63) is 89.0 Å². The lowest BCUT2D eigenvalue weighted by Gasteiger charge is -2.35. The second kappa shape index (κ2) is 7.79. The van der Waals surface area contributed by atoms with Gasteiger partial charge in [0.2, 0.25) is 0 Å². The Kier molecular flexibility index (Phi) is 5.77. The Morgan fingerprint density at radius 1 is 0.714 bits per heavy atom. The number of allylic oxidation sites excluding steroid dienone is 3. The topological polar surface area (TPSA) is 18.5 Å². The zero-order valence-electron chi connectivity index (χ0n) is 16.8. The van der Waals surface area contributed by atoms with Crippen LogP contribution in [0.5, 0.6) is 0 Å². The van der Waals surface area contributed by atoms with Gasteiger partial charge < -0.3 is 9.05 Å². The number of hydrogen-bond acceptors (Lipinski definition) is 2. The van der Waals surface area contributed by atoms with Crippen molar-refractivity contribution < 1.29 is 17.8 Å². The highest BCUT2D eigenvalue weighted by molar-refractivity contribution is 7.78. The van der Waals surface area contributed by atoms with Crippen molar-refractivity contribution in [2.45, 2.75) is 20.8 Å². The molecule has 0 saturated carbocycles. The average Bonchev–Trinajstić information content (AvgIpc) is 2.67. The molecule has 2 nitrogen and oxygen atoms in total. The van der Waals surface area contributed by atoms with E-state index in [2.05, 4.69) is 32.9 Å². The van der Waals surface area contributed by atoms with Crippen molar-refractivity contribution in [3.8, 4) is 0 Å². The van der Waals surface area contributed by atoms with Crippen LogP contribution in [-0.4, -0.2) is 19.5 Å². The number of halogens is 2. The van der Waals surface area contributed by atoms with Crippen LogP contribution in [0.15, 0.2) is 66.3 Å². The Labute approximate surface area is 165 Å². The summed E-state index contributed by atoms with van der Waals surface area (Å²) in [6.45, 7) is 6.39. The summed E-state index contributed by atoms with van der Waals surface area (Å²) in [4.78, 5) is 0. The molecular formula is C23H25F2O2P. The molecule has 0 N–H and O–H groups in total. The molecule has 0 bridgehead atoms. The highest BCUT2D eigenvalue weighted by Gasteiger charge is 2.34. The van der Waals surface area contributed by atoms with Crippen molar-refractivity contribution in [1.82, 2.24) is 0 Å². The predicted octanol–water partition coefficient (Wildman–Crippen LogP) is 6.65. The number of rotatable bonds is 4. The van der Waals surface area contributed by atoms with Crippen molar-refractivity contribution in [1.29, 1.82) is 0 Å². The van der Waals surface area contributed by atoms with Crippen LogP contribution in [0.2, 0.25) is 0 Å². The van der Waals surface area contributed by atoms with Gasteiger partial charge in [0.15, 0.2) is 7.34 Å². The minimum atomic E-state index is -2.70. The van der Waals surface area contributed by atoms with Crippen molar-refractivity contribution >= 4 is 17.9 Å². The molecule has 0 unspecified atom stereocenters. The van der Waals surface area contributed by atoms with E-state index in [4.69, 9.17) is 9.05 Å². The molecule has 1 heterocycles. The van der Waals surface area contributed by atoms with Gasteiger partial charge in [-0.05, 0) is 58.5 Å². The maximum atomic E-state index is 13.5. The Balaban J connectivity index is 2.38. The summed E-state index contributed by atoms with van der Waals surface area (Å²) < 4.78 is 39.1. The first-order valence-corrected chi connectivity index (χ1v) is 10.7. The molecule has 0 atom stereocenters. The summed E-state index contributed by atoms with van der Waals surface area (Å²) >= 11 is 0. The first kappa shape index (κ1) is 20.7. The van der Waals surface area contributed by atoms with Crippen LogP contribution in [0.25, 0.3) is 5.31 Å². The Morgan fingerprint density at radius 3 is 1.61 bits per heavy atom. The molecule has 0 radical (unpaired) electrons. The van der Waals surface area contributed by atoms with Gasteiger partial charge in [-0.3, -0.25) is 0 Å². The van der Waals surface area contributed by atoms with E-state index in [0.29, 0.717) is 0 Å². The highest BCUT2D eigenvalue weighted by atomic mass is 31.2. The number of benzene rings is 2. The van der Waals surface area contributed by atoms with Gasteiger partial charge in [-0.1, -0.05) is 45.0 Å². The summed E-state index contributed by atoms with van der Waals surface area (Å²) in [6, 6.07) is 12.7. The van der Waals surface area contributed by atoms with E-state index in [0.717, 1.165) is 27.3 Å². The summed E-state index contributed by atoms with van der Waals surface area (Å²) in [6.07, 6.45) is 4.17. The molecule has 0 saturated heterocycles. The van der Waals surface area contributed by atoms with Crippen LogP contribution in [0.1, 0.15) is 31.9 Å². The molecule has 0 fully saturated rings. The molecule has 5 heteroatoms. The lowest BCUT2D eigenvalue weighted by Crippen LogP contribution is -2.17. The fourth-order valence-electron chi connectivity index (χ4n) is 3.28. The molecule has 2 aromatic carbocycles. The van der Waals surface area contributed by atoms with E-state index < -0.39 is 7.34 Å². The molecule has 0 aromatic heterocycles. The fraction of sp³-hybridized carbons (Fsp3) is 0.261. The van der Waals surface area contributed by atoms with Crippen LogP contribution in [-0.2, 0) is 9.05 Å². The van der Waals surface area contributed by atoms with E-state index in [1.54, 1.807) is 38.5 Å². The van der Waals surface area contributed by atoms with Crippen molar-refractivity contribution in [2.75, 3.05) is 14.2 Å². The monoisotopic (exact) mass is 402 g/mol. The molecule has 3 rings (SSSR count). The SMILES string of the molecule is COP1(OC)=C(c2ccc(F)cc2)C=C(C(C)(C)C)C=C1c1ccc(F)cc1. The third-order valence-electron chi connectivity index (χ3n) is 4.88. The molecule has 0 spiro atoms. The molecule has 0 amide bonds. The van der Waals surface area contributed by atoms with E-state index in [9.17, 15) is 8.78 Å². The molecule has 1 aliphatic heterocycles. The average molecular weight is 402 g/mol. The Bertz CT molecular complexity index is 971. The van der Waals surface area contributed by atoms with E-state index in [1.165, 1.54) is 24.3 Å². The minimum absolute atomic E-state index is 0.131. The van der Waals surface area contributed by atoms with Crippen LogP contribution in [0, 0.1) is 17.0 Å². The van der Waals surface area contributed by atoms with E-state index >= 15 is 0 Å². The Morgan fingerprint density at radius 2 is 1.18 bits per heavy atom. The first-order valence-electron chi connectivity index (χ1n) is 9.05. The van der Waals surface area contributed by atoms with Gasteiger partial charge in [-0.2, -0.15) is 0 Å². The van der Waals surface area contributed by atoms with Gasteiger partial charge in [-0.25, -0.2) is 8.78 Å². The molecular weight excluding hydrogens is 377 g/mol. The second-order valence-electron chi connectivity index (χ2n) is 7.69. The summed E-state index contributed by atoms with van der Waals surface area (Å²) in [5.74, 6) is -0.596. The third kappa shape index (κ3) is 3.77. The second-order valence-corrected chi connectivity index (χ2v) is 10.5. The standard InChI is InChI=1S/C23H25F2O2P/c1-23(2,3)18-14-21(16-6-10-19(24)11-7-16)28(26-4,27-5)22(15-18)17-8-12-20(25)13-9-17/h6-15H,1-5H3. The van der Waals surface area contributed by atoms with Gasteiger partial charge in [0, 0.05) is 24.8 Å². The van der Waals surface area contributed by atoms with Crippen molar-refractivity contribution in [3.63, 3.8) is 0 Å². The molecule has 1 aliphatic rings. The van der Waals surface area contributed by atoms with Gasteiger partial charge in [-0.15, -0.1) is 0 Å². The number of hydrogen-bond donors (Lipinski definition) is 0.